The number of nitrogens with one attached hydrogen (secondary N) is 1. The van der Waals surface area contributed by atoms with Gasteiger partial charge in [0.05, 0.1) is 24.1 Å². The minimum atomic E-state index is -0.690. The van der Waals surface area contributed by atoms with Gasteiger partial charge in [-0.25, -0.2) is 0 Å². The fourth-order valence-electron chi connectivity index (χ4n) is 1.38. The first-order valence-corrected chi connectivity index (χ1v) is 6.71. The third-order valence-corrected chi connectivity index (χ3v) is 2.58. The lowest BCUT2D eigenvalue weighted by atomic mass is 10.1. The third kappa shape index (κ3) is 7.80. The Hall–Kier alpha value is -1.13. The summed E-state index contributed by atoms with van der Waals surface area (Å²) in [6.45, 7) is 11.2. The second-order valence-electron chi connectivity index (χ2n) is 6.50. The van der Waals surface area contributed by atoms with Crippen LogP contribution in [-0.2, 0) is 6.54 Å². The number of nitrogens with zero attached hydrogens (tertiary/aromatic N) is 1. The summed E-state index contributed by atoms with van der Waals surface area (Å²) in [6, 6.07) is 3.87. The van der Waals surface area contributed by atoms with Gasteiger partial charge in [0.25, 0.3) is 0 Å². The van der Waals surface area contributed by atoms with Crippen LogP contribution in [-0.4, -0.2) is 27.8 Å². The smallest absolute Gasteiger partial charge is 0.137 e. The lowest BCUT2D eigenvalue weighted by Crippen LogP contribution is -2.35. The van der Waals surface area contributed by atoms with Crippen molar-refractivity contribution in [1.29, 1.82) is 0 Å². The van der Waals surface area contributed by atoms with Crippen LogP contribution in [0.5, 0.6) is 5.75 Å². The number of aromatic nitrogens is 1. The summed E-state index contributed by atoms with van der Waals surface area (Å²) in [5, 5.41) is 13.0. The molecule has 0 fully saturated rings. The molecular formula is C15H26N2O2. The summed E-state index contributed by atoms with van der Waals surface area (Å²) in [6.07, 6.45) is 2.32. The lowest BCUT2D eigenvalue weighted by molar-refractivity contribution is 0.0553. The van der Waals surface area contributed by atoms with Gasteiger partial charge in [0, 0.05) is 18.5 Å². The highest BCUT2D eigenvalue weighted by Crippen LogP contribution is 2.13. The zero-order chi connectivity index (χ0) is 14.5. The van der Waals surface area contributed by atoms with Crippen LogP contribution in [0.15, 0.2) is 18.3 Å². The zero-order valence-electron chi connectivity index (χ0n) is 12.7. The first-order chi connectivity index (χ1) is 8.66. The number of aliphatic hydroxyl groups is 1. The van der Waals surface area contributed by atoms with E-state index in [1.807, 2.05) is 12.1 Å². The van der Waals surface area contributed by atoms with Crippen molar-refractivity contribution in [3.8, 4) is 5.75 Å². The number of rotatable bonds is 6. The molecule has 1 rings (SSSR count). The molecule has 0 atom stereocenters. The molecular weight excluding hydrogens is 240 g/mol. The van der Waals surface area contributed by atoms with E-state index >= 15 is 0 Å². The van der Waals surface area contributed by atoms with Gasteiger partial charge in [-0.1, -0.05) is 0 Å². The van der Waals surface area contributed by atoms with Crippen LogP contribution in [0.4, 0.5) is 0 Å². The van der Waals surface area contributed by atoms with Gasteiger partial charge >= 0.3 is 0 Å². The van der Waals surface area contributed by atoms with Gasteiger partial charge in [-0.3, -0.25) is 4.98 Å². The summed E-state index contributed by atoms with van der Waals surface area (Å²) in [5.41, 5.74) is 0.387. The van der Waals surface area contributed by atoms with E-state index in [-0.39, 0.29) is 5.54 Å². The van der Waals surface area contributed by atoms with Crippen LogP contribution in [0.2, 0.25) is 0 Å². The van der Waals surface area contributed by atoms with Crippen molar-refractivity contribution >= 4 is 0 Å². The summed E-state index contributed by atoms with van der Waals surface area (Å²) < 4.78 is 5.54. The monoisotopic (exact) mass is 266 g/mol. The van der Waals surface area contributed by atoms with Gasteiger partial charge in [0.2, 0.25) is 0 Å². The van der Waals surface area contributed by atoms with E-state index in [0.29, 0.717) is 13.0 Å². The summed E-state index contributed by atoms with van der Waals surface area (Å²) in [7, 11) is 0. The topological polar surface area (TPSA) is 54.4 Å². The first kappa shape index (κ1) is 15.9. The first-order valence-electron chi connectivity index (χ1n) is 6.71. The number of hydrogen-bond acceptors (Lipinski definition) is 4. The maximum atomic E-state index is 9.58. The van der Waals surface area contributed by atoms with Gasteiger partial charge < -0.3 is 15.2 Å². The van der Waals surface area contributed by atoms with Crippen LogP contribution in [0.3, 0.4) is 0 Å². The minimum Gasteiger partial charge on any atom is -0.492 e. The Balaban J connectivity index is 2.39. The number of pyridine rings is 1. The minimum absolute atomic E-state index is 0.0869. The molecule has 0 amide bonds. The second kappa shape index (κ2) is 6.35. The molecule has 1 aromatic heterocycles. The van der Waals surface area contributed by atoms with E-state index in [4.69, 9.17) is 4.74 Å². The van der Waals surface area contributed by atoms with E-state index in [1.54, 1.807) is 20.0 Å². The fourth-order valence-corrected chi connectivity index (χ4v) is 1.38. The van der Waals surface area contributed by atoms with E-state index in [0.717, 1.165) is 18.0 Å². The molecule has 0 aliphatic carbocycles. The Morgan fingerprint density at radius 2 is 1.89 bits per heavy atom. The van der Waals surface area contributed by atoms with E-state index in [9.17, 15) is 5.11 Å². The molecule has 0 bridgehead atoms. The van der Waals surface area contributed by atoms with E-state index in [2.05, 4.69) is 31.1 Å². The van der Waals surface area contributed by atoms with Gasteiger partial charge in [-0.15, -0.1) is 0 Å². The Labute approximate surface area is 116 Å². The predicted octanol–water partition coefficient (Wildman–Crippen LogP) is 2.51. The summed E-state index contributed by atoms with van der Waals surface area (Å²) in [5.74, 6) is 0.740. The average Bonchev–Trinajstić information content (AvgIpc) is 2.25. The van der Waals surface area contributed by atoms with E-state index < -0.39 is 5.60 Å². The molecule has 0 saturated carbocycles. The Kier molecular flexibility index (Phi) is 5.32. The normalized spacial score (nSPS) is 12.5. The maximum absolute atomic E-state index is 9.58. The quantitative estimate of drug-likeness (QED) is 0.830. The van der Waals surface area contributed by atoms with Crippen LogP contribution < -0.4 is 10.1 Å². The third-order valence-electron chi connectivity index (χ3n) is 2.58. The molecule has 0 spiro atoms. The molecule has 108 valence electrons. The average molecular weight is 266 g/mol. The molecule has 4 heteroatoms. The van der Waals surface area contributed by atoms with Crippen molar-refractivity contribution in [2.45, 2.75) is 58.7 Å². The molecule has 0 aliphatic heterocycles. The molecule has 0 radical (unpaired) electrons. The SMILES string of the molecule is CC(C)(O)CCOc1ccc(CNC(C)(C)C)nc1. The van der Waals surface area contributed by atoms with Crippen molar-refractivity contribution in [3.63, 3.8) is 0 Å². The highest BCUT2D eigenvalue weighted by Gasteiger charge is 2.12. The van der Waals surface area contributed by atoms with Crippen molar-refractivity contribution in [2.75, 3.05) is 6.61 Å². The van der Waals surface area contributed by atoms with Crippen molar-refractivity contribution in [1.82, 2.24) is 10.3 Å². The second-order valence-corrected chi connectivity index (χ2v) is 6.50. The van der Waals surface area contributed by atoms with Gasteiger partial charge in [0.15, 0.2) is 0 Å². The standard InChI is InChI=1S/C15H26N2O2/c1-14(2,3)17-10-12-6-7-13(11-16-12)19-9-8-15(4,5)18/h6-7,11,17-18H,8-10H2,1-5H3. The molecule has 0 aromatic carbocycles. The summed E-state index contributed by atoms with van der Waals surface area (Å²) in [4.78, 5) is 4.35. The Morgan fingerprint density at radius 1 is 1.21 bits per heavy atom. The van der Waals surface area contributed by atoms with Gasteiger partial charge in [-0.05, 0) is 46.8 Å². The highest BCUT2D eigenvalue weighted by atomic mass is 16.5. The largest absolute Gasteiger partial charge is 0.492 e. The van der Waals surface area contributed by atoms with Gasteiger partial charge in [0.1, 0.15) is 5.75 Å². The van der Waals surface area contributed by atoms with Crippen molar-refractivity contribution in [2.24, 2.45) is 0 Å². The van der Waals surface area contributed by atoms with Crippen LogP contribution in [0.25, 0.3) is 0 Å². The van der Waals surface area contributed by atoms with Crippen LogP contribution >= 0.6 is 0 Å². The summed E-state index contributed by atoms with van der Waals surface area (Å²) >= 11 is 0. The number of ether oxygens (including phenoxy) is 1. The van der Waals surface area contributed by atoms with Crippen LogP contribution in [0, 0.1) is 0 Å². The molecule has 0 aliphatic rings. The molecule has 1 heterocycles. The Bertz CT molecular complexity index is 375. The maximum Gasteiger partial charge on any atom is 0.137 e. The molecule has 0 unspecified atom stereocenters. The van der Waals surface area contributed by atoms with Crippen molar-refractivity contribution < 1.29 is 9.84 Å². The lowest BCUT2D eigenvalue weighted by Gasteiger charge is -2.20. The molecule has 4 nitrogen and oxygen atoms in total. The Morgan fingerprint density at radius 3 is 2.37 bits per heavy atom. The van der Waals surface area contributed by atoms with Crippen molar-refractivity contribution in [3.05, 3.63) is 24.0 Å². The van der Waals surface area contributed by atoms with Gasteiger partial charge in [-0.2, -0.15) is 0 Å². The molecule has 19 heavy (non-hydrogen) atoms. The zero-order valence-corrected chi connectivity index (χ0v) is 12.7. The predicted molar refractivity (Wildman–Crippen MR) is 77.2 cm³/mol. The molecule has 1 aromatic rings. The number of hydrogen-bond donors (Lipinski definition) is 2. The fraction of sp³-hybridized carbons (Fsp3) is 0.667. The molecule has 2 N–H and O–H groups in total. The molecule has 0 saturated heterocycles. The van der Waals surface area contributed by atoms with E-state index in [1.165, 1.54) is 0 Å². The van der Waals surface area contributed by atoms with Crippen LogP contribution in [0.1, 0.15) is 46.7 Å². The highest BCUT2D eigenvalue weighted by molar-refractivity contribution is 5.19.